The number of halogens is 1. The maximum absolute atomic E-state index is 5.87. The van der Waals surface area contributed by atoms with E-state index in [2.05, 4.69) is 20.9 Å². The summed E-state index contributed by atoms with van der Waals surface area (Å²) < 4.78 is 12.7. The molecule has 0 aliphatic carbocycles. The van der Waals surface area contributed by atoms with Gasteiger partial charge in [-0.3, -0.25) is 4.98 Å². The number of nitrogens with zero attached hydrogens (tertiary/aromatic N) is 1. The van der Waals surface area contributed by atoms with Gasteiger partial charge in [0.1, 0.15) is 4.91 Å². The number of hydrogen-bond donors (Lipinski definition) is 0. The molecule has 0 bridgehead atoms. The molecule has 0 N–H and O–H groups in total. The Kier molecular flexibility index (Phi) is 2.74. The molecular formula is C9H13BBrNO2S. The summed E-state index contributed by atoms with van der Waals surface area (Å²) in [6.45, 7) is 8.15. The van der Waals surface area contributed by atoms with Gasteiger partial charge in [-0.15, -0.1) is 11.3 Å². The summed E-state index contributed by atoms with van der Waals surface area (Å²) in [6.07, 6.45) is 1.77. The summed E-state index contributed by atoms with van der Waals surface area (Å²) in [4.78, 5) is 5.11. The van der Waals surface area contributed by atoms with Gasteiger partial charge in [-0.2, -0.15) is 0 Å². The van der Waals surface area contributed by atoms with Gasteiger partial charge in [0.15, 0.2) is 0 Å². The Hall–Kier alpha value is 0.0949. The third-order valence-corrected chi connectivity index (χ3v) is 4.45. The molecule has 1 aromatic rings. The zero-order valence-corrected chi connectivity index (χ0v) is 11.6. The molecule has 2 rings (SSSR count). The average Bonchev–Trinajstić information content (AvgIpc) is 2.56. The molecule has 1 fully saturated rings. The lowest BCUT2D eigenvalue weighted by Gasteiger charge is -2.32. The summed E-state index contributed by atoms with van der Waals surface area (Å²) in [5, 5.41) is 0. The highest BCUT2D eigenvalue weighted by atomic mass is 79.9. The first-order chi connectivity index (χ1) is 6.82. The molecule has 82 valence electrons. The van der Waals surface area contributed by atoms with E-state index >= 15 is 0 Å². The van der Waals surface area contributed by atoms with Crippen LogP contribution in [0.25, 0.3) is 0 Å². The molecule has 2 heterocycles. The van der Waals surface area contributed by atoms with E-state index < -0.39 is 0 Å². The minimum Gasteiger partial charge on any atom is -0.398 e. The Morgan fingerprint density at radius 1 is 1.27 bits per heavy atom. The highest BCUT2D eigenvalue weighted by Crippen LogP contribution is 2.36. The predicted octanol–water partition coefficient (Wildman–Crippen LogP) is 2.20. The molecule has 0 atom stereocenters. The van der Waals surface area contributed by atoms with E-state index in [9.17, 15) is 0 Å². The Morgan fingerprint density at radius 2 is 1.80 bits per heavy atom. The summed E-state index contributed by atoms with van der Waals surface area (Å²) in [5.41, 5.74) is -0.592. The molecule has 0 aromatic carbocycles. The fourth-order valence-electron chi connectivity index (χ4n) is 1.32. The molecule has 0 saturated carbocycles. The Bertz CT molecular complexity index is 364. The second-order valence-corrected chi connectivity index (χ2v) is 7.03. The first kappa shape index (κ1) is 11.6. The summed E-state index contributed by atoms with van der Waals surface area (Å²) in [5.74, 6) is 0. The fraction of sp³-hybridized carbons (Fsp3) is 0.667. The molecule has 1 aliphatic rings. The van der Waals surface area contributed by atoms with Crippen molar-refractivity contribution in [3.63, 3.8) is 0 Å². The molecule has 1 aromatic heterocycles. The topological polar surface area (TPSA) is 31.4 Å². The zero-order valence-electron chi connectivity index (χ0n) is 9.20. The van der Waals surface area contributed by atoms with Gasteiger partial charge >= 0.3 is 7.12 Å². The van der Waals surface area contributed by atoms with Crippen LogP contribution in [0, 0.1) is 0 Å². The van der Waals surface area contributed by atoms with Gasteiger partial charge in [-0.25, -0.2) is 0 Å². The van der Waals surface area contributed by atoms with E-state index in [0.29, 0.717) is 0 Å². The minimum absolute atomic E-state index is 0.296. The number of rotatable bonds is 1. The molecule has 6 heteroatoms. The van der Waals surface area contributed by atoms with Crippen LogP contribution >= 0.6 is 27.3 Å². The average molecular weight is 290 g/mol. The van der Waals surface area contributed by atoms with Crippen LogP contribution in [0.2, 0.25) is 0 Å². The van der Waals surface area contributed by atoms with Crippen molar-refractivity contribution >= 4 is 39.3 Å². The molecule has 0 spiro atoms. The SMILES string of the molecule is CC1(C)OB(c2ncc(Br)s2)OC1(C)C. The van der Waals surface area contributed by atoms with Gasteiger partial charge < -0.3 is 9.31 Å². The van der Waals surface area contributed by atoms with E-state index in [1.165, 1.54) is 0 Å². The molecule has 0 amide bonds. The maximum Gasteiger partial charge on any atom is 0.525 e. The summed E-state index contributed by atoms with van der Waals surface area (Å²) >= 11 is 4.92. The highest BCUT2D eigenvalue weighted by molar-refractivity contribution is 9.11. The normalized spacial score (nSPS) is 23.4. The van der Waals surface area contributed by atoms with Crippen molar-refractivity contribution in [1.29, 1.82) is 0 Å². The largest absolute Gasteiger partial charge is 0.525 e. The Labute approximate surface area is 102 Å². The lowest BCUT2D eigenvalue weighted by Crippen LogP contribution is -2.41. The number of aromatic nitrogens is 1. The van der Waals surface area contributed by atoms with E-state index in [-0.39, 0.29) is 18.3 Å². The quantitative estimate of drug-likeness (QED) is 0.743. The van der Waals surface area contributed by atoms with Crippen LogP contribution in [0.15, 0.2) is 9.98 Å². The predicted molar refractivity (Wildman–Crippen MR) is 65.5 cm³/mol. The van der Waals surface area contributed by atoms with Gasteiger partial charge in [-0.1, -0.05) is 0 Å². The lowest BCUT2D eigenvalue weighted by molar-refractivity contribution is 0.00578. The van der Waals surface area contributed by atoms with E-state index in [1.807, 2.05) is 27.7 Å². The minimum atomic E-state index is -0.341. The van der Waals surface area contributed by atoms with Crippen molar-refractivity contribution in [3.05, 3.63) is 9.98 Å². The van der Waals surface area contributed by atoms with Crippen LogP contribution in [0.5, 0.6) is 0 Å². The zero-order chi connectivity index (χ0) is 11.3. The van der Waals surface area contributed by atoms with Crippen molar-refractivity contribution in [2.45, 2.75) is 38.9 Å². The summed E-state index contributed by atoms with van der Waals surface area (Å²) in [6, 6.07) is 0. The highest BCUT2D eigenvalue weighted by Gasteiger charge is 2.52. The van der Waals surface area contributed by atoms with Gasteiger partial charge in [0.25, 0.3) is 0 Å². The number of hydrogen-bond acceptors (Lipinski definition) is 4. The first-order valence-corrected chi connectivity index (χ1v) is 6.40. The Morgan fingerprint density at radius 3 is 2.20 bits per heavy atom. The van der Waals surface area contributed by atoms with Crippen molar-refractivity contribution in [2.24, 2.45) is 0 Å². The third kappa shape index (κ3) is 2.00. The molecule has 1 aliphatic heterocycles. The maximum atomic E-state index is 5.87. The second kappa shape index (κ2) is 3.55. The standard InChI is InChI=1S/C9H13BBrNO2S/c1-8(2)9(3,4)14-10(13-8)7-12-5-6(11)15-7/h5H,1-4H3. The van der Waals surface area contributed by atoms with Crippen LogP contribution in [-0.2, 0) is 9.31 Å². The van der Waals surface area contributed by atoms with Gasteiger partial charge in [0.05, 0.1) is 21.2 Å². The van der Waals surface area contributed by atoms with E-state index in [0.717, 1.165) is 8.69 Å². The molecular weight excluding hydrogens is 277 g/mol. The molecule has 3 nitrogen and oxygen atoms in total. The van der Waals surface area contributed by atoms with Gasteiger partial charge in [-0.05, 0) is 43.6 Å². The van der Waals surface area contributed by atoms with E-state index in [4.69, 9.17) is 9.31 Å². The van der Waals surface area contributed by atoms with Crippen LogP contribution in [0.4, 0.5) is 0 Å². The van der Waals surface area contributed by atoms with Crippen LogP contribution in [0.3, 0.4) is 0 Å². The fourth-order valence-corrected chi connectivity index (χ4v) is 2.52. The van der Waals surface area contributed by atoms with Crippen LogP contribution in [-0.4, -0.2) is 23.3 Å². The molecule has 0 unspecified atom stereocenters. The van der Waals surface area contributed by atoms with Crippen molar-refractivity contribution in [2.75, 3.05) is 0 Å². The van der Waals surface area contributed by atoms with Gasteiger partial charge in [0.2, 0.25) is 0 Å². The molecule has 15 heavy (non-hydrogen) atoms. The van der Waals surface area contributed by atoms with Crippen molar-refractivity contribution in [1.82, 2.24) is 4.98 Å². The van der Waals surface area contributed by atoms with Crippen LogP contribution in [0.1, 0.15) is 27.7 Å². The number of thiazole rings is 1. The smallest absolute Gasteiger partial charge is 0.398 e. The Balaban J connectivity index is 2.23. The van der Waals surface area contributed by atoms with Crippen LogP contribution < -0.4 is 4.91 Å². The second-order valence-electron chi connectivity index (χ2n) is 4.59. The molecule has 0 radical (unpaired) electrons. The molecule has 1 saturated heterocycles. The monoisotopic (exact) mass is 289 g/mol. The van der Waals surface area contributed by atoms with Crippen molar-refractivity contribution < 1.29 is 9.31 Å². The van der Waals surface area contributed by atoms with Crippen molar-refractivity contribution in [3.8, 4) is 0 Å². The third-order valence-electron chi connectivity index (χ3n) is 2.95. The first-order valence-electron chi connectivity index (χ1n) is 4.79. The van der Waals surface area contributed by atoms with Gasteiger partial charge in [0, 0.05) is 0 Å². The summed E-state index contributed by atoms with van der Waals surface area (Å²) in [7, 11) is -0.341. The van der Waals surface area contributed by atoms with E-state index in [1.54, 1.807) is 17.5 Å². The lowest BCUT2D eigenvalue weighted by atomic mass is 9.90.